The summed E-state index contributed by atoms with van der Waals surface area (Å²) in [5.41, 5.74) is 0.440. The van der Waals surface area contributed by atoms with Crippen molar-refractivity contribution < 1.29 is 8.42 Å². The zero-order chi connectivity index (χ0) is 14.0. The lowest BCUT2D eigenvalue weighted by Gasteiger charge is -2.25. The van der Waals surface area contributed by atoms with E-state index in [0.29, 0.717) is 24.5 Å². The van der Waals surface area contributed by atoms with Gasteiger partial charge in [0.15, 0.2) is 5.82 Å². The molecule has 0 N–H and O–H groups in total. The Labute approximate surface area is 112 Å². The Balaban J connectivity index is 2.13. The Kier molecular flexibility index (Phi) is 3.68. The molecule has 1 saturated heterocycles. The lowest BCUT2D eigenvalue weighted by Crippen LogP contribution is -2.36. The van der Waals surface area contributed by atoms with Crippen molar-refractivity contribution in [2.45, 2.75) is 12.5 Å². The van der Waals surface area contributed by atoms with Crippen LogP contribution in [0.2, 0.25) is 0 Å². The number of nitriles is 1. The third-order valence-electron chi connectivity index (χ3n) is 3.27. The molecule has 2 heterocycles. The molecule has 0 spiro atoms. The van der Waals surface area contributed by atoms with E-state index in [9.17, 15) is 8.42 Å². The Morgan fingerprint density at radius 2 is 2.32 bits per heavy atom. The van der Waals surface area contributed by atoms with Crippen LogP contribution >= 0.6 is 0 Å². The second-order valence-corrected chi connectivity index (χ2v) is 6.57. The van der Waals surface area contributed by atoms with Crippen LogP contribution < -0.4 is 4.90 Å². The molecule has 7 nitrogen and oxygen atoms in total. The van der Waals surface area contributed by atoms with Crippen LogP contribution in [0.15, 0.2) is 12.3 Å². The minimum Gasteiger partial charge on any atom is -0.354 e. The zero-order valence-corrected chi connectivity index (χ0v) is 11.6. The Morgan fingerprint density at radius 3 is 2.89 bits per heavy atom. The summed E-state index contributed by atoms with van der Waals surface area (Å²) in [6.07, 6.45) is 3.35. The SMILES string of the molecule is CN(c1cc(C#N)cnn1)C1CCN(S(C)(=O)=O)C1. The molecular formula is C11H15N5O2S. The first-order chi connectivity index (χ1) is 8.91. The van der Waals surface area contributed by atoms with Crippen LogP contribution in [0.1, 0.15) is 12.0 Å². The van der Waals surface area contributed by atoms with Gasteiger partial charge in [0.1, 0.15) is 6.07 Å². The molecule has 1 aromatic rings. The largest absolute Gasteiger partial charge is 0.354 e. The fraction of sp³-hybridized carbons (Fsp3) is 0.545. The third-order valence-corrected chi connectivity index (χ3v) is 4.54. The van der Waals surface area contributed by atoms with Crippen molar-refractivity contribution in [3.8, 4) is 6.07 Å². The number of rotatable bonds is 3. The van der Waals surface area contributed by atoms with Gasteiger partial charge in [0, 0.05) is 32.2 Å². The number of hydrogen-bond acceptors (Lipinski definition) is 6. The highest BCUT2D eigenvalue weighted by Crippen LogP contribution is 2.21. The molecule has 0 amide bonds. The molecule has 1 unspecified atom stereocenters. The molecule has 2 rings (SSSR count). The van der Waals surface area contributed by atoms with E-state index < -0.39 is 10.0 Å². The topological polar surface area (TPSA) is 90.2 Å². The lowest BCUT2D eigenvalue weighted by atomic mass is 10.2. The first kappa shape index (κ1) is 13.7. The standard InChI is InChI=1S/C11H15N5O2S/c1-15(11-5-9(6-12)7-13-14-11)10-3-4-16(8-10)19(2,17)18/h5,7,10H,3-4,8H2,1-2H3. The quantitative estimate of drug-likeness (QED) is 0.763. The van der Waals surface area contributed by atoms with Crippen molar-refractivity contribution in [1.82, 2.24) is 14.5 Å². The van der Waals surface area contributed by atoms with Crippen LogP contribution in [-0.2, 0) is 10.0 Å². The van der Waals surface area contributed by atoms with E-state index in [-0.39, 0.29) is 6.04 Å². The summed E-state index contributed by atoms with van der Waals surface area (Å²) >= 11 is 0. The predicted octanol–water partition coefficient (Wildman–Crippen LogP) is -0.182. The summed E-state index contributed by atoms with van der Waals surface area (Å²) in [5.74, 6) is 0.583. The number of sulfonamides is 1. The number of hydrogen-bond donors (Lipinski definition) is 0. The number of likely N-dealkylation sites (N-methyl/N-ethyl adjacent to an activating group) is 1. The Morgan fingerprint density at radius 1 is 1.58 bits per heavy atom. The van der Waals surface area contributed by atoms with Gasteiger partial charge in [0.05, 0.1) is 18.0 Å². The van der Waals surface area contributed by atoms with E-state index in [1.165, 1.54) is 16.8 Å². The highest BCUT2D eigenvalue weighted by atomic mass is 32.2. The van der Waals surface area contributed by atoms with Gasteiger partial charge in [-0.25, -0.2) is 12.7 Å². The Bertz CT molecular complexity index is 610. The van der Waals surface area contributed by atoms with Gasteiger partial charge in [-0.15, -0.1) is 5.10 Å². The molecule has 19 heavy (non-hydrogen) atoms. The average molecular weight is 281 g/mol. The molecule has 8 heteroatoms. The van der Waals surface area contributed by atoms with E-state index in [1.807, 2.05) is 18.0 Å². The summed E-state index contributed by atoms with van der Waals surface area (Å²) in [7, 11) is -1.31. The fourth-order valence-electron chi connectivity index (χ4n) is 2.10. The summed E-state index contributed by atoms with van der Waals surface area (Å²) < 4.78 is 24.4. The molecule has 1 aliphatic rings. The van der Waals surface area contributed by atoms with Gasteiger partial charge in [-0.05, 0) is 6.42 Å². The molecule has 0 aliphatic carbocycles. The molecule has 1 atom stereocenters. The van der Waals surface area contributed by atoms with Gasteiger partial charge >= 0.3 is 0 Å². The molecule has 0 saturated carbocycles. The molecular weight excluding hydrogens is 266 g/mol. The van der Waals surface area contributed by atoms with Crippen molar-refractivity contribution in [1.29, 1.82) is 5.26 Å². The van der Waals surface area contributed by atoms with Crippen molar-refractivity contribution in [3.05, 3.63) is 17.8 Å². The molecule has 1 aromatic heterocycles. The third kappa shape index (κ3) is 3.00. The van der Waals surface area contributed by atoms with Gasteiger partial charge < -0.3 is 4.90 Å². The second-order valence-electron chi connectivity index (χ2n) is 4.59. The summed E-state index contributed by atoms with van der Waals surface area (Å²) in [4.78, 5) is 1.87. The first-order valence-electron chi connectivity index (χ1n) is 5.82. The minimum absolute atomic E-state index is 0.0537. The highest BCUT2D eigenvalue weighted by Gasteiger charge is 2.31. The van der Waals surface area contributed by atoms with Crippen LogP contribution in [0.4, 0.5) is 5.82 Å². The van der Waals surface area contributed by atoms with Crippen molar-refractivity contribution in [2.24, 2.45) is 0 Å². The minimum atomic E-state index is -3.15. The van der Waals surface area contributed by atoms with E-state index in [4.69, 9.17) is 5.26 Å². The van der Waals surface area contributed by atoms with Crippen LogP contribution in [0.5, 0.6) is 0 Å². The van der Waals surface area contributed by atoms with Crippen LogP contribution in [0, 0.1) is 11.3 Å². The highest BCUT2D eigenvalue weighted by molar-refractivity contribution is 7.88. The molecule has 0 aromatic carbocycles. The van der Waals surface area contributed by atoms with Crippen molar-refractivity contribution >= 4 is 15.8 Å². The average Bonchev–Trinajstić information content (AvgIpc) is 2.87. The number of aromatic nitrogens is 2. The molecule has 1 fully saturated rings. The van der Waals surface area contributed by atoms with Crippen LogP contribution in [0.3, 0.4) is 0 Å². The smallest absolute Gasteiger partial charge is 0.211 e. The van der Waals surface area contributed by atoms with Gasteiger partial charge in [-0.1, -0.05) is 0 Å². The van der Waals surface area contributed by atoms with Crippen molar-refractivity contribution in [3.63, 3.8) is 0 Å². The van der Waals surface area contributed by atoms with E-state index in [0.717, 1.165) is 6.42 Å². The predicted molar refractivity (Wildman–Crippen MR) is 70.0 cm³/mol. The van der Waals surface area contributed by atoms with E-state index in [2.05, 4.69) is 10.2 Å². The number of anilines is 1. The number of nitrogens with zero attached hydrogens (tertiary/aromatic N) is 5. The maximum atomic E-state index is 11.5. The van der Waals surface area contributed by atoms with Crippen LogP contribution in [-0.4, -0.2) is 55.4 Å². The monoisotopic (exact) mass is 281 g/mol. The van der Waals surface area contributed by atoms with Gasteiger partial charge in [0.25, 0.3) is 0 Å². The Hall–Kier alpha value is -1.72. The lowest BCUT2D eigenvalue weighted by molar-refractivity contribution is 0.476. The van der Waals surface area contributed by atoms with Gasteiger partial charge in [-0.2, -0.15) is 10.4 Å². The maximum Gasteiger partial charge on any atom is 0.211 e. The fourth-order valence-corrected chi connectivity index (χ4v) is 2.98. The van der Waals surface area contributed by atoms with Crippen molar-refractivity contribution in [2.75, 3.05) is 31.3 Å². The normalized spacial score (nSPS) is 20.2. The molecule has 102 valence electrons. The van der Waals surface area contributed by atoms with Crippen LogP contribution in [0.25, 0.3) is 0 Å². The summed E-state index contributed by atoms with van der Waals surface area (Å²) in [6, 6.07) is 3.71. The molecule has 0 bridgehead atoms. The van der Waals surface area contributed by atoms with E-state index in [1.54, 1.807) is 6.07 Å². The molecule has 1 aliphatic heterocycles. The molecule has 0 radical (unpaired) electrons. The maximum absolute atomic E-state index is 11.5. The summed E-state index contributed by atoms with van der Waals surface area (Å²) in [5, 5.41) is 16.6. The zero-order valence-electron chi connectivity index (χ0n) is 10.8. The summed E-state index contributed by atoms with van der Waals surface area (Å²) in [6.45, 7) is 0.951. The first-order valence-corrected chi connectivity index (χ1v) is 7.67. The van der Waals surface area contributed by atoms with E-state index >= 15 is 0 Å². The van der Waals surface area contributed by atoms with Gasteiger partial charge in [-0.3, -0.25) is 0 Å². The second kappa shape index (κ2) is 5.11. The van der Waals surface area contributed by atoms with Gasteiger partial charge in [0.2, 0.25) is 10.0 Å².